The fourth-order valence-electron chi connectivity index (χ4n) is 3.44. The molecule has 0 saturated heterocycles. The van der Waals surface area contributed by atoms with Gasteiger partial charge >= 0.3 is 0 Å². The van der Waals surface area contributed by atoms with Gasteiger partial charge in [0.25, 0.3) is 5.69 Å². The normalized spacial score (nSPS) is 11.9. The minimum Gasteiger partial charge on any atom is -0.454 e. The van der Waals surface area contributed by atoms with E-state index in [0.29, 0.717) is 17.2 Å². The third kappa shape index (κ3) is 5.70. The monoisotopic (exact) mass is 498 g/mol. The molecule has 3 N–H and O–H groups in total. The average Bonchev–Trinajstić information content (AvgIpc) is 3.35. The van der Waals surface area contributed by atoms with E-state index in [1.807, 2.05) is 50.2 Å². The van der Waals surface area contributed by atoms with Gasteiger partial charge in [-0.15, -0.1) is 0 Å². The third-order valence-electron chi connectivity index (χ3n) is 5.51. The number of non-ortho nitro benzene ring substituents is 1. The zero-order valence-corrected chi connectivity index (χ0v) is 19.9. The SMILES string of the molecule is Cc1ccc(Nc2nc(NN=Cc3ccc4c(c3)OCO4)nc(Nc3ccc([N+](=O)[O-])cc3)n2)cc1C. The number of nitro groups is 1. The third-order valence-corrected chi connectivity index (χ3v) is 5.51. The molecule has 0 spiro atoms. The smallest absolute Gasteiger partial charge is 0.269 e. The van der Waals surface area contributed by atoms with Crippen LogP contribution in [0.1, 0.15) is 16.7 Å². The lowest BCUT2D eigenvalue weighted by atomic mass is 10.1. The number of aromatic nitrogens is 3. The van der Waals surface area contributed by atoms with Crippen molar-refractivity contribution in [1.82, 2.24) is 15.0 Å². The van der Waals surface area contributed by atoms with Crippen LogP contribution >= 0.6 is 0 Å². The Morgan fingerprint density at radius 3 is 2.24 bits per heavy atom. The molecule has 1 aliphatic rings. The van der Waals surface area contributed by atoms with Crippen molar-refractivity contribution in [3.63, 3.8) is 0 Å². The molecule has 0 saturated carbocycles. The molecule has 0 unspecified atom stereocenters. The number of benzene rings is 3. The van der Waals surface area contributed by atoms with Crippen molar-refractivity contribution in [2.45, 2.75) is 13.8 Å². The van der Waals surface area contributed by atoms with Gasteiger partial charge in [-0.3, -0.25) is 10.1 Å². The van der Waals surface area contributed by atoms with Gasteiger partial charge in [0, 0.05) is 23.5 Å². The Hall–Kier alpha value is -5.26. The summed E-state index contributed by atoms with van der Waals surface area (Å²) in [5.41, 5.74) is 7.28. The maximum Gasteiger partial charge on any atom is 0.269 e. The van der Waals surface area contributed by atoms with Gasteiger partial charge in [0.05, 0.1) is 11.1 Å². The summed E-state index contributed by atoms with van der Waals surface area (Å²) in [5, 5.41) is 21.4. The van der Waals surface area contributed by atoms with Crippen molar-refractivity contribution in [2.24, 2.45) is 5.10 Å². The van der Waals surface area contributed by atoms with Crippen LogP contribution in [0.5, 0.6) is 11.5 Å². The number of aryl methyl sites for hydroxylation is 2. The van der Waals surface area contributed by atoms with Gasteiger partial charge in [-0.25, -0.2) is 5.43 Å². The number of nitro benzene ring substituents is 1. The van der Waals surface area contributed by atoms with Gasteiger partial charge in [-0.1, -0.05) is 6.07 Å². The number of hydrogen-bond acceptors (Lipinski definition) is 11. The Bertz CT molecular complexity index is 1490. The number of hydrogen-bond donors (Lipinski definition) is 3. The molecule has 0 amide bonds. The van der Waals surface area contributed by atoms with E-state index in [4.69, 9.17) is 9.47 Å². The molecule has 1 aliphatic heterocycles. The number of ether oxygens (including phenoxy) is 2. The molecule has 12 nitrogen and oxygen atoms in total. The number of rotatable bonds is 8. The van der Waals surface area contributed by atoms with Crippen molar-refractivity contribution in [1.29, 1.82) is 0 Å². The highest BCUT2D eigenvalue weighted by Gasteiger charge is 2.13. The standard InChI is InChI=1S/C25H22N8O4/c1-15-3-5-19(11-16(15)2)28-24-29-23(27-18-6-8-20(9-7-18)33(34)35)30-25(31-24)32-26-13-17-4-10-21-22(12-17)37-14-36-21/h3-13H,14H2,1-2H3,(H3,27,28,29,30,31,32). The lowest BCUT2D eigenvalue weighted by Crippen LogP contribution is -2.07. The minimum absolute atomic E-state index is 0.0153. The van der Waals surface area contributed by atoms with Crippen LogP contribution in [0.15, 0.2) is 65.8 Å². The predicted molar refractivity (Wildman–Crippen MR) is 139 cm³/mol. The van der Waals surface area contributed by atoms with E-state index in [2.05, 4.69) is 36.1 Å². The summed E-state index contributed by atoms with van der Waals surface area (Å²) in [4.78, 5) is 23.7. The Morgan fingerprint density at radius 2 is 1.51 bits per heavy atom. The van der Waals surface area contributed by atoms with Crippen molar-refractivity contribution < 1.29 is 14.4 Å². The van der Waals surface area contributed by atoms with E-state index in [-0.39, 0.29) is 30.3 Å². The first-order chi connectivity index (χ1) is 17.9. The molecular weight excluding hydrogens is 476 g/mol. The minimum atomic E-state index is -0.460. The molecule has 5 rings (SSSR count). The second-order valence-corrected chi connectivity index (χ2v) is 8.14. The quantitative estimate of drug-likeness (QED) is 0.171. The second-order valence-electron chi connectivity index (χ2n) is 8.14. The summed E-state index contributed by atoms with van der Waals surface area (Å²) < 4.78 is 10.7. The van der Waals surface area contributed by atoms with E-state index in [9.17, 15) is 10.1 Å². The second kappa shape index (κ2) is 10.2. The van der Waals surface area contributed by atoms with Crippen LogP contribution in [0.2, 0.25) is 0 Å². The number of anilines is 5. The van der Waals surface area contributed by atoms with E-state index < -0.39 is 4.92 Å². The highest BCUT2D eigenvalue weighted by molar-refractivity contribution is 5.81. The lowest BCUT2D eigenvalue weighted by molar-refractivity contribution is -0.384. The van der Waals surface area contributed by atoms with Crippen molar-refractivity contribution >= 4 is 41.1 Å². The zero-order valence-electron chi connectivity index (χ0n) is 19.9. The molecule has 0 aliphatic carbocycles. The first-order valence-corrected chi connectivity index (χ1v) is 11.2. The average molecular weight is 499 g/mol. The molecule has 2 heterocycles. The summed E-state index contributed by atoms with van der Waals surface area (Å²) in [6.45, 7) is 4.25. The van der Waals surface area contributed by atoms with E-state index >= 15 is 0 Å². The number of fused-ring (bicyclic) bond motifs is 1. The molecule has 12 heteroatoms. The lowest BCUT2D eigenvalue weighted by Gasteiger charge is -2.11. The molecule has 4 aromatic rings. The zero-order chi connectivity index (χ0) is 25.8. The maximum atomic E-state index is 10.9. The number of hydrazone groups is 1. The first-order valence-electron chi connectivity index (χ1n) is 11.2. The molecule has 0 bridgehead atoms. The van der Waals surface area contributed by atoms with Gasteiger partial charge in [-0.05, 0) is 73.0 Å². The van der Waals surface area contributed by atoms with Crippen LogP contribution < -0.4 is 25.5 Å². The van der Waals surface area contributed by atoms with Gasteiger partial charge in [-0.2, -0.15) is 20.1 Å². The summed E-state index contributed by atoms with van der Waals surface area (Å²) >= 11 is 0. The molecule has 1 aromatic heterocycles. The summed E-state index contributed by atoms with van der Waals surface area (Å²) in [6.07, 6.45) is 1.60. The summed E-state index contributed by atoms with van der Waals surface area (Å²) in [5.74, 6) is 2.02. The van der Waals surface area contributed by atoms with Crippen LogP contribution in [0.25, 0.3) is 0 Å². The molecule has 3 aromatic carbocycles. The highest BCUT2D eigenvalue weighted by atomic mass is 16.7. The number of nitrogens with one attached hydrogen (secondary N) is 3. The molecule has 0 fully saturated rings. The first kappa shape index (κ1) is 23.5. The molecule has 37 heavy (non-hydrogen) atoms. The van der Waals surface area contributed by atoms with Crippen molar-refractivity contribution in [2.75, 3.05) is 22.9 Å². The summed E-state index contributed by atoms with van der Waals surface area (Å²) in [6, 6.07) is 17.3. The van der Waals surface area contributed by atoms with Crippen LogP contribution in [-0.4, -0.2) is 32.9 Å². The Balaban J connectivity index is 1.39. The van der Waals surface area contributed by atoms with E-state index in [1.54, 1.807) is 18.3 Å². The van der Waals surface area contributed by atoms with Gasteiger partial charge in [0.2, 0.25) is 24.6 Å². The van der Waals surface area contributed by atoms with Gasteiger partial charge in [0.1, 0.15) is 0 Å². The van der Waals surface area contributed by atoms with Crippen LogP contribution in [0, 0.1) is 24.0 Å². The number of nitrogens with zero attached hydrogens (tertiary/aromatic N) is 5. The van der Waals surface area contributed by atoms with Crippen molar-refractivity contribution in [3.8, 4) is 11.5 Å². The topological polar surface area (TPSA) is 149 Å². The largest absolute Gasteiger partial charge is 0.454 e. The van der Waals surface area contributed by atoms with Crippen LogP contribution in [0.4, 0.5) is 34.9 Å². The van der Waals surface area contributed by atoms with E-state index in [1.165, 1.54) is 17.7 Å². The van der Waals surface area contributed by atoms with Crippen molar-refractivity contribution in [3.05, 3.63) is 87.5 Å². The molecular formula is C25H22N8O4. The van der Waals surface area contributed by atoms with Crippen LogP contribution in [-0.2, 0) is 0 Å². The fourth-order valence-corrected chi connectivity index (χ4v) is 3.44. The van der Waals surface area contributed by atoms with Gasteiger partial charge in [0.15, 0.2) is 11.5 Å². The van der Waals surface area contributed by atoms with Crippen LogP contribution in [0.3, 0.4) is 0 Å². The molecule has 0 radical (unpaired) electrons. The predicted octanol–water partition coefficient (Wildman–Crippen LogP) is 5.06. The Labute approximate surface area is 211 Å². The Kier molecular flexibility index (Phi) is 6.45. The summed E-state index contributed by atoms with van der Waals surface area (Å²) in [7, 11) is 0. The fraction of sp³-hybridized carbons (Fsp3) is 0.120. The van der Waals surface area contributed by atoms with Gasteiger partial charge < -0.3 is 20.1 Å². The maximum absolute atomic E-state index is 10.9. The Morgan fingerprint density at radius 1 is 0.838 bits per heavy atom. The molecule has 0 atom stereocenters. The highest BCUT2D eigenvalue weighted by Crippen LogP contribution is 2.32. The molecule has 186 valence electrons. The van der Waals surface area contributed by atoms with E-state index in [0.717, 1.165) is 16.8 Å².